The second-order valence-corrected chi connectivity index (χ2v) is 8.01. The fourth-order valence-corrected chi connectivity index (χ4v) is 3.76. The van der Waals surface area contributed by atoms with E-state index in [0.29, 0.717) is 10.5 Å². The van der Waals surface area contributed by atoms with Crippen molar-refractivity contribution in [1.82, 2.24) is 4.31 Å². The highest BCUT2D eigenvalue weighted by Crippen LogP contribution is 2.21. The number of rotatable bonds is 6. The second-order valence-electron chi connectivity index (χ2n) is 5.16. The summed E-state index contributed by atoms with van der Waals surface area (Å²) < 4.78 is 66.4. The minimum Gasteiger partial charge on any atom is -0.322 e. The van der Waals surface area contributed by atoms with Crippen LogP contribution in [-0.2, 0) is 14.8 Å². The average Bonchev–Trinajstić information content (AvgIpc) is 2.60. The van der Waals surface area contributed by atoms with Gasteiger partial charge in [-0.05, 0) is 36.4 Å². The van der Waals surface area contributed by atoms with Crippen LogP contribution in [0, 0.1) is 17.5 Å². The number of nitrogens with one attached hydrogen (secondary N) is 1. The summed E-state index contributed by atoms with van der Waals surface area (Å²) in [4.78, 5) is 12.0. The largest absolute Gasteiger partial charge is 0.322 e. The second kappa shape index (κ2) is 8.19. The van der Waals surface area contributed by atoms with E-state index in [1.54, 1.807) is 0 Å². The molecule has 10 heteroatoms. The van der Waals surface area contributed by atoms with Gasteiger partial charge in [0.15, 0.2) is 17.5 Å². The number of hydrogen-bond acceptors (Lipinski definition) is 3. The van der Waals surface area contributed by atoms with Gasteiger partial charge in [0.05, 0.1) is 17.1 Å². The highest BCUT2D eigenvalue weighted by molar-refractivity contribution is 9.10. The number of nitrogens with zero attached hydrogens (tertiary/aromatic N) is 1. The molecule has 0 fully saturated rings. The molecule has 1 N–H and O–H groups in total. The molecule has 0 bridgehead atoms. The van der Waals surface area contributed by atoms with E-state index in [1.807, 2.05) is 5.32 Å². The number of benzene rings is 2. The third kappa shape index (κ3) is 4.43. The van der Waals surface area contributed by atoms with Crippen molar-refractivity contribution in [2.45, 2.75) is 11.8 Å². The lowest BCUT2D eigenvalue weighted by Crippen LogP contribution is -2.38. The van der Waals surface area contributed by atoms with Crippen LogP contribution >= 0.6 is 15.9 Å². The van der Waals surface area contributed by atoms with Crippen molar-refractivity contribution < 1.29 is 26.4 Å². The molecule has 0 aliphatic rings. The topological polar surface area (TPSA) is 66.5 Å². The monoisotopic (exact) mass is 450 g/mol. The molecule has 0 atom stereocenters. The van der Waals surface area contributed by atoms with Crippen LogP contribution in [0.5, 0.6) is 0 Å². The minimum atomic E-state index is -3.96. The summed E-state index contributed by atoms with van der Waals surface area (Å²) in [5, 5.41) is 2.04. The van der Waals surface area contributed by atoms with Gasteiger partial charge in [-0.3, -0.25) is 4.79 Å². The van der Waals surface area contributed by atoms with Crippen molar-refractivity contribution in [2.24, 2.45) is 0 Å². The van der Waals surface area contributed by atoms with E-state index in [-0.39, 0.29) is 11.4 Å². The molecule has 26 heavy (non-hydrogen) atoms. The number of amides is 1. The zero-order chi connectivity index (χ0) is 19.5. The van der Waals surface area contributed by atoms with Crippen molar-refractivity contribution in [2.75, 3.05) is 18.4 Å². The minimum absolute atomic E-state index is 0.0191. The maximum absolute atomic E-state index is 13.6. The highest BCUT2D eigenvalue weighted by Gasteiger charge is 2.26. The highest BCUT2D eigenvalue weighted by atomic mass is 79.9. The van der Waals surface area contributed by atoms with Crippen molar-refractivity contribution in [3.63, 3.8) is 0 Å². The third-order valence-electron chi connectivity index (χ3n) is 3.43. The van der Waals surface area contributed by atoms with Crippen LogP contribution in [0.4, 0.5) is 18.9 Å². The lowest BCUT2D eigenvalue weighted by molar-refractivity contribution is -0.116. The molecular formula is C16H14BrF3N2O3S. The lowest BCUT2D eigenvalue weighted by Gasteiger charge is -2.20. The quantitative estimate of drug-likeness (QED) is 0.684. The average molecular weight is 451 g/mol. The first-order chi connectivity index (χ1) is 12.2. The molecule has 1 amide bonds. The molecule has 2 aromatic carbocycles. The fourth-order valence-electron chi connectivity index (χ4n) is 2.09. The van der Waals surface area contributed by atoms with Crippen molar-refractivity contribution in [3.8, 4) is 0 Å². The molecule has 0 aliphatic heterocycles. The fraction of sp³-hybridized carbons (Fsp3) is 0.188. The lowest BCUT2D eigenvalue weighted by atomic mass is 10.2. The smallest absolute Gasteiger partial charge is 0.243 e. The zero-order valence-corrected chi connectivity index (χ0v) is 15.9. The van der Waals surface area contributed by atoms with Crippen LogP contribution in [0.1, 0.15) is 6.92 Å². The standard InChI is InChI=1S/C16H14BrF3N2O3S/c1-2-22(26(24,25)11-5-3-10(17)4-6-11)9-14(23)21-13-8-7-12(18)15(19)16(13)20/h3-8H,2,9H2,1H3,(H,21,23). The van der Waals surface area contributed by atoms with Crippen molar-refractivity contribution >= 4 is 37.5 Å². The number of carbonyl (C=O) groups is 1. The first-order valence-corrected chi connectivity index (χ1v) is 9.59. The predicted molar refractivity (Wildman–Crippen MR) is 93.5 cm³/mol. The Bertz CT molecular complexity index is 921. The van der Waals surface area contributed by atoms with Gasteiger partial charge in [0.25, 0.3) is 0 Å². The van der Waals surface area contributed by atoms with Crippen molar-refractivity contribution in [3.05, 3.63) is 58.3 Å². The number of likely N-dealkylation sites (N-methyl/N-ethyl adjacent to an activating group) is 1. The maximum Gasteiger partial charge on any atom is 0.243 e. The molecular weight excluding hydrogens is 437 g/mol. The molecule has 0 saturated heterocycles. The Kier molecular flexibility index (Phi) is 6.43. The first kappa shape index (κ1) is 20.4. The number of carbonyl (C=O) groups excluding carboxylic acids is 1. The Balaban J connectivity index is 2.18. The van der Waals surface area contributed by atoms with Crippen LogP contribution < -0.4 is 5.32 Å². The van der Waals surface area contributed by atoms with E-state index in [4.69, 9.17) is 0 Å². The summed E-state index contributed by atoms with van der Waals surface area (Å²) >= 11 is 3.20. The van der Waals surface area contributed by atoms with Gasteiger partial charge >= 0.3 is 0 Å². The SMILES string of the molecule is CCN(CC(=O)Nc1ccc(F)c(F)c1F)S(=O)(=O)c1ccc(Br)cc1. The molecule has 0 saturated carbocycles. The number of anilines is 1. The first-order valence-electron chi connectivity index (χ1n) is 7.36. The number of halogens is 4. The normalized spacial score (nSPS) is 11.6. The van der Waals surface area contributed by atoms with E-state index in [0.717, 1.165) is 10.4 Å². The number of hydrogen-bond donors (Lipinski definition) is 1. The molecule has 0 unspecified atom stereocenters. The van der Waals surface area contributed by atoms with E-state index in [9.17, 15) is 26.4 Å². The Labute approximate surface area is 157 Å². The van der Waals surface area contributed by atoms with Gasteiger partial charge in [0.2, 0.25) is 15.9 Å². The molecule has 2 rings (SSSR count). The van der Waals surface area contributed by atoms with Crippen LogP contribution in [0.2, 0.25) is 0 Å². The van der Waals surface area contributed by atoms with Crippen LogP contribution in [0.15, 0.2) is 45.8 Å². The van der Waals surface area contributed by atoms with E-state index in [2.05, 4.69) is 15.9 Å². The van der Waals surface area contributed by atoms with E-state index < -0.39 is 45.6 Å². The van der Waals surface area contributed by atoms with Gasteiger partial charge in [0, 0.05) is 11.0 Å². The Morgan fingerprint density at radius 2 is 1.69 bits per heavy atom. The predicted octanol–water partition coefficient (Wildman–Crippen LogP) is 3.52. The van der Waals surface area contributed by atoms with E-state index >= 15 is 0 Å². The molecule has 2 aromatic rings. The molecule has 0 aliphatic carbocycles. The van der Waals surface area contributed by atoms with Gasteiger partial charge < -0.3 is 5.32 Å². The molecule has 0 heterocycles. The van der Waals surface area contributed by atoms with Crippen LogP contribution in [0.25, 0.3) is 0 Å². The van der Waals surface area contributed by atoms with Crippen LogP contribution in [-0.4, -0.2) is 31.7 Å². The summed E-state index contributed by atoms with van der Waals surface area (Å²) in [6.07, 6.45) is 0. The Morgan fingerprint density at radius 1 is 1.08 bits per heavy atom. The van der Waals surface area contributed by atoms with Crippen molar-refractivity contribution in [1.29, 1.82) is 0 Å². The summed E-state index contributed by atoms with van der Waals surface area (Å²) in [7, 11) is -3.96. The number of sulfonamides is 1. The van der Waals surface area contributed by atoms with Gasteiger partial charge in [-0.15, -0.1) is 0 Å². The van der Waals surface area contributed by atoms with Gasteiger partial charge in [-0.25, -0.2) is 21.6 Å². The summed E-state index contributed by atoms with van der Waals surface area (Å²) in [5.41, 5.74) is -0.578. The van der Waals surface area contributed by atoms with Gasteiger partial charge in [-0.2, -0.15) is 4.31 Å². The summed E-state index contributed by atoms with van der Waals surface area (Å²) in [6, 6.07) is 7.33. The molecule has 140 valence electrons. The van der Waals surface area contributed by atoms with Gasteiger partial charge in [0.1, 0.15) is 0 Å². The summed E-state index contributed by atoms with van der Waals surface area (Å²) in [5.74, 6) is -5.57. The Hall–Kier alpha value is -1.91. The molecule has 0 aromatic heterocycles. The van der Waals surface area contributed by atoms with Crippen LogP contribution in [0.3, 0.4) is 0 Å². The summed E-state index contributed by atoms with van der Waals surface area (Å²) in [6.45, 7) is 0.890. The molecule has 5 nitrogen and oxygen atoms in total. The molecule has 0 radical (unpaired) electrons. The molecule has 0 spiro atoms. The Morgan fingerprint density at radius 3 is 2.27 bits per heavy atom. The maximum atomic E-state index is 13.6. The van der Waals surface area contributed by atoms with Gasteiger partial charge in [-0.1, -0.05) is 22.9 Å². The van der Waals surface area contributed by atoms with E-state index in [1.165, 1.54) is 31.2 Å². The zero-order valence-electron chi connectivity index (χ0n) is 13.5. The third-order valence-corrected chi connectivity index (χ3v) is 5.90.